The molecular formula is C29H33F2N3O. The fourth-order valence-electron chi connectivity index (χ4n) is 4.37. The van der Waals surface area contributed by atoms with Crippen molar-refractivity contribution in [3.05, 3.63) is 107 Å². The predicted molar refractivity (Wildman–Crippen MR) is 138 cm³/mol. The molecule has 3 rings (SSSR count). The highest BCUT2D eigenvalue weighted by Crippen LogP contribution is 2.45. The van der Waals surface area contributed by atoms with Crippen LogP contribution in [0.25, 0.3) is 0 Å². The van der Waals surface area contributed by atoms with Gasteiger partial charge >= 0.3 is 0 Å². The molecule has 0 aliphatic heterocycles. The number of aromatic nitrogens is 2. The fraction of sp³-hybridized carbons (Fsp3) is 0.310. The molecule has 1 heterocycles. The summed E-state index contributed by atoms with van der Waals surface area (Å²) in [7, 11) is 0. The predicted octanol–water partition coefficient (Wildman–Crippen LogP) is 7.48. The van der Waals surface area contributed by atoms with Crippen molar-refractivity contribution in [3.8, 4) is 0 Å². The Balaban J connectivity index is 1.65. The molecule has 1 atom stereocenters. The van der Waals surface area contributed by atoms with Gasteiger partial charge in [-0.15, -0.1) is 0 Å². The van der Waals surface area contributed by atoms with Crippen LogP contribution in [0, 0.1) is 17.0 Å². The first-order chi connectivity index (χ1) is 16.6. The number of rotatable bonds is 7. The highest BCUT2D eigenvalue weighted by Gasteiger charge is 2.32. The quantitative estimate of drug-likeness (QED) is 0.332. The van der Waals surface area contributed by atoms with E-state index in [0.717, 1.165) is 36.1 Å². The minimum Gasteiger partial charge on any atom is -0.330 e. The van der Waals surface area contributed by atoms with Crippen molar-refractivity contribution in [1.29, 1.82) is 0 Å². The molecule has 1 N–H and O–H groups in total. The van der Waals surface area contributed by atoms with Crippen LogP contribution in [0.15, 0.2) is 95.7 Å². The normalized spacial score (nSPS) is 19.1. The van der Waals surface area contributed by atoms with E-state index in [-0.39, 0.29) is 11.1 Å². The van der Waals surface area contributed by atoms with E-state index >= 15 is 0 Å². The van der Waals surface area contributed by atoms with Gasteiger partial charge in [-0.1, -0.05) is 49.8 Å². The van der Waals surface area contributed by atoms with Crippen LogP contribution in [0.2, 0.25) is 0 Å². The van der Waals surface area contributed by atoms with Crippen molar-refractivity contribution in [2.24, 2.45) is 5.41 Å². The van der Waals surface area contributed by atoms with E-state index in [1.807, 2.05) is 43.9 Å². The molecule has 184 valence electrons. The first-order valence-corrected chi connectivity index (χ1v) is 11.7. The lowest BCUT2D eigenvalue weighted by molar-refractivity contribution is -0.111. The van der Waals surface area contributed by atoms with Crippen LogP contribution < -0.4 is 5.32 Å². The van der Waals surface area contributed by atoms with Crippen molar-refractivity contribution >= 4 is 11.6 Å². The molecule has 1 aliphatic carbocycles. The van der Waals surface area contributed by atoms with Crippen LogP contribution in [0.1, 0.15) is 53.5 Å². The first-order valence-electron chi connectivity index (χ1n) is 11.7. The van der Waals surface area contributed by atoms with E-state index in [0.29, 0.717) is 6.04 Å². The zero-order chi connectivity index (χ0) is 25.6. The van der Waals surface area contributed by atoms with E-state index in [4.69, 9.17) is 0 Å². The third kappa shape index (κ3) is 6.98. The molecule has 0 saturated carbocycles. The summed E-state index contributed by atoms with van der Waals surface area (Å²) in [5, 5.41) is 2.53. The van der Waals surface area contributed by atoms with Crippen molar-refractivity contribution in [2.75, 3.05) is 5.32 Å². The third-order valence-electron chi connectivity index (χ3n) is 6.36. The Kier molecular flexibility index (Phi) is 8.39. The summed E-state index contributed by atoms with van der Waals surface area (Å²) in [6.07, 6.45) is 19.4. The fourth-order valence-corrected chi connectivity index (χ4v) is 4.37. The number of halogens is 2. The van der Waals surface area contributed by atoms with Gasteiger partial charge in [-0.25, -0.2) is 13.8 Å². The molecule has 1 unspecified atom stereocenters. The molecule has 0 spiro atoms. The lowest BCUT2D eigenvalue weighted by Crippen LogP contribution is -2.25. The highest BCUT2D eigenvalue weighted by molar-refractivity contribution is 5.99. The number of imidazole rings is 1. The van der Waals surface area contributed by atoms with Gasteiger partial charge in [0.15, 0.2) is 11.6 Å². The van der Waals surface area contributed by atoms with E-state index in [2.05, 4.69) is 47.8 Å². The lowest BCUT2D eigenvalue weighted by atomic mass is 9.71. The Hall–Kier alpha value is -3.54. The van der Waals surface area contributed by atoms with Crippen molar-refractivity contribution < 1.29 is 13.6 Å². The van der Waals surface area contributed by atoms with E-state index < -0.39 is 17.5 Å². The molecule has 0 radical (unpaired) electrons. The average molecular weight is 478 g/mol. The van der Waals surface area contributed by atoms with Crippen LogP contribution in [-0.2, 0) is 4.79 Å². The molecule has 0 saturated heterocycles. The van der Waals surface area contributed by atoms with Crippen LogP contribution in [0.3, 0.4) is 0 Å². The Morgan fingerprint density at radius 1 is 1.17 bits per heavy atom. The Bertz CT molecular complexity index is 1210. The highest BCUT2D eigenvalue weighted by atomic mass is 19.2. The van der Waals surface area contributed by atoms with Crippen LogP contribution in [-0.4, -0.2) is 15.5 Å². The summed E-state index contributed by atoms with van der Waals surface area (Å²) in [6, 6.07) is 3.58. The average Bonchev–Trinajstić information content (AvgIpc) is 3.30. The summed E-state index contributed by atoms with van der Waals surface area (Å²) in [6.45, 7) is 10.6. The summed E-state index contributed by atoms with van der Waals surface area (Å²) < 4.78 is 28.5. The standard InChI is InChI=1S/C29H33F2N3O/c1-20(7-6-8-21(2)17-28(35)33-23-10-12-25(30)26(31)18-23)9-11-24-22(3)27(13-14-29(24,4)5)34-16-15-32-19-34/h6-12,15-19,27H,13-14H2,1-5H3,(H,33,35)/b8-6+,11-9+,20-7+,21-17+. The van der Waals surface area contributed by atoms with Gasteiger partial charge in [0, 0.05) is 30.2 Å². The molecule has 1 amide bonds. The SMILES string of the molecule is CC1=C(/C=C/C(C)=C/C=C/C(C)=C/C(=O)Nc2ccc(F)c(F)c2)C(C)(C)CCC1n1ccnc1. The zero-order valence-corrected chi connectivity index (χ0v) is 21.0. The van der Waals surface area contributed by atoms with Gasteiger partial charge in [0.1, 0.15) is 0 Å². The second kappa shape index (κ2) is 11.3. The van der Waals surface area contributed by atoms with Gasteiger partial charge < -0.3 is 9.88 Å². The first kappa shape index (κ1) is 26.1. The van der Waals surface area contributed by atoms with E-state index in [9.17, 15) is 13.6 Å². The number of nitrogens with zero attached hydrogens (tertiary/aromatic N) is 2. The van der Waals surface area contributed by atoms with Gasteiger partial charge in [-0.05, 0) is 67.9 Å². The van der Waals surface area contributed by atoms with Gasteiger partial charge in [0.05, 0.1) is 12.4 Å². The Morgan fingerprint density at radius 3 is 2.63 bits per heavy atom. The van der Waals surface area contributed by atoms with E-state index in [1.165, 1.54) is 23.3 Å². The number of anilines is 1. The third-order valence-corrected chi connectivity index (χ3v) is 6.36. The number of hydrogen-bond acceptors (Lipinski definition) is 2. The molecule has 4 nitrogen and oxygen atoms in total. The van der Waals surface area contributed by atoms with Gasteiger partial charge in [0.25, 0.3) is 0 Å². The van der Waals surface area contributed by atoms with Crippen molar-refractivity contribution in [1.82, 2.24) is 9.55 Å². The van der Waals surface area contributed by atoms with Crippen LogP contribution >= 0.6 is 0 Å². The van der Waals surface area contributed by atoms with Gasteiger partial charge in [-0.3, -0.25) is 4.79 Å². The number of carbonyl (C=O) groups excluding carboxylic acids is 1. The maximum atomic E-state index is 13.3. The monoisotopic (exact) mass is 477 g/mol. The molecule has 2 aromatic rings. The second-order valence-corrected chi connectivity index (χ2v) is 9.65. The molecule has 1 aliphatic rings. The minimum atomic E-state index is -1.00. The smallest absolute Gasteiger partial charge is 0.248 e. The number of amides is 1. The minimum absolute atomic E-state index is 0.105. The lowest BCUT2D eigenvalue weighted by Gasteiger charge is -2.37. The van der Waals surface area contributed by atoms with Crippen LogP contribution in [0.4, 0.5) is 14.5 Å². The molecule has 0 fully saturated rings. The van der Waals surface area contributed by atoms with Crippen molar-refractivity contribution in [2.45, 2.75) is 53.5 Å². The summed E-state index contributed by atoms with van der Waals surface area (Å²) in [5.41, 5.74) is 4.84. The number of carbonyl (C=O) groups is 1. The second-order valence-electron chi connectivity index (χ2n) is 9.65. The summed E-state index contributed by atoms with van der Waals surface area (Å²) in [4.78, 5) is 16.3. The molecule has 1 aromatic heterocycles. The molecule has 1 aromatic carbocycles. The zero-order valence-electron chi connectivity index (χ0n) is 21.0. The molecule has 35 heavy (non-hydrogen) atoms. The Labute approximate surface area is 206 Å². The van der Waals surface area contributed by atoms with Gasteiger partial charge in [-0.2, -0.15) is 0 Å². The topological polar surface area (TPSA) is 46.9 Å². The molecular weight excluding hydrogens is 444 g/mol. The van der Waals surface area contributed by atoms with Crippen molar-refractivity contribution in [3.63, 3.8) is 0 Å². The molecule has 6 heteroatoms. The van der Waals surface area contributed by atoms with Crippen LogP contribution in [0.5, 0.6) is 0 Å². The maximum Gasteiger partial charge on any atom is 0.248 e. The number of nitrogens with one attached hydrogen (secondary N) is 1. The Morgan fingerprint density at radius 2 is 1.94 bits per heavy atom. The number of hydrogen-bond donors (Lipinski definition) is 1. The summed E-state index contributed by atoms with van der Waals surface area (Å²) in [5.74, 6) is -2.37. The molecule has 0 bridgehead atoms. The number of benzene rings is 1. The number of allylic oxidation sites excluding steroid dienone is 9. The van der Waals surface area contributed by atoms with E-state index in [1.54, 1.807) is 6.92 Å². The van der Waals surface area contributed by atoms with Gasteiger partial charge in [0.2, 0.25) is 5.91 Å². The maximum absolute atomic E-state index is 13.3. The summed E-state index contributed by atoms with van der Waals surface area (Å²) >= 11 is 0. The largest absolute Gasteiger partial charge is 0.330 e.